The van der Waals surface area contributed by atoms with E-state index < -0.39 is 0 Å². The third-order valence-electron chi connectivity index (χ3n) is 6.03. The summed E-state index contributed by atoms with van der Waals surface area (Å²) in [6.45, 7) is 6.90. The molecule has 1 aromatic carbocycles. The highest BCUT2D eigenvalue weighted by atomic mass is 32.2. The number of para-hydroxylation sites is 1. The summed E-state index contributed by atoms with van der Waals surface area (Å²) in [5.74, 6) is 2.10. The standard InChI is InChI=1S/C23H27N5OS2/c1-2-9-28-19-8-7-16(24-15-21-25-18-5-3-4-6-20(18)31-21)14-17(19)22(26-28)23(29)27-10-12-30-13-11-27/h2-6,16,24H,1,7-15H2/t16-/m1/s1. The molecule has 0 saturated carbocycles. The van der Waals surface area contributed by atoms with Crippen molar-refractivity contribution < 1.29 is 4.79 Å². The predicted molar refractivity (Wildman–Crippen MR) is 128 cm³/mol. The van der Waals surface area contributed by atoms with E-state index in [0.29, 0.717) is 18.3 Å². The number of hydrogen-bond donors (Lipinski definition) is 1. The van der Waals surface area contributed by atoms with E-state index >= 15 is 0 Å². The molecule has 0 radical (unpaired) electrons. The average Bonchev–Trinajstić information content (AvgIpc) is 3.39. The quantitative estimate of drug-likeness (QED) is 0.579. The van der Waals surface area contributed by atoms with Gasteiger partial charge in [0.05, 0.1) is 16.8 Å². The number of benzene rings is 1. The van der Waals surface area contributed by atoms with Gasteiger partial charge in [0, 0.05) is 48.4 Å². The molecule has 5 rings (SSSR count). The minimum Gasteiger partial charge on any atom is -0.336 e. The van der Waals surface area contributed by atoms with Gasteiger partial charge in [-0.05, 0) is 31.4 Å². The molecule has 6 nitrogen and oxygen atoms in total. The molecule has 3 aromatic rings. The number of fused-ring (bicyclic) bond motifs is 2. The van der Waals surface area contributed by atoms with E-state index in [0.717, 1.165) is 66.5 Å². The van der Waals surface area contributed by atoms with Gasteiger partial charge in [-0.1, -0.05) is 18.2 Å². The Balaban J connectivity index is 1.33. The van der Waals surface area contributed by atoms with E-state index in [4.69, 9.17) is 10.1 Å². The van der Waals surface area contributed by atoms with Crippen molar-refractivity contribution in [1.29, 1.82) is 0 Å². The Labute approximate surface area is 190 Å². The summed E-state index contributed by atoms with van der Waals surface area (Å²) in [5.41, 5.74) is 4.04. The zero-order chi connectivity index (χ0) is 21.2. The maximum Gasteiger partial charge on any atom is 0.274 e. The number of carbonyl (C=O) groups is 1. The maximum absolute atomic E-state index is 13.3. The van der Waals surface area contributed by atoms with Crippen LogP contribution in [0.4, 0.5) is 0 Å². The number of nitrogens with zero attached hydrogens (tertiary/aromatic N) is 4. The second kappa shape index (κ2) is 9.14. The van der Waals surface area contributed by atoms with Crippen molar-refractivity contribution in [2.24, 2.45) is 0 Å². The lowest BCUT2D eigenvalue weighted by Crippen LogP contribution is -2.39. The molecule has 1 aliphatic carbocycles. The summed E-state index contributed by atoms with van der Waals surface area (Å²) in [6.07, 6.45) is 4.66. The molecule has 2 aromatic heterocycles. The molecule has 31 heavy (non-hydrogen) atoms. The largest absolute Gasteiger partial charge is 0.336 e. The Morgan fingerprint density at radius 3 is 2.94 bits per heavy atom. The molecule has 1 aliphatic heterocycles. The summed E-state index contributed by atoms with van der Waals surface area (Å²) < 4.78 is 3.21. The molecule has 0 bridgehead atoms. The molecule has 1 saturated heterocycles. The molecule has 1 N–H and O–H groups in total. The van der Waals surface area contributed by atoms with E-state index in [1.54, 1.807) is 11.3 Å². The van der Waals surface area contributed by atoms with Gasteiger partial charge >= 0.3 is 0 Å². The van der Waals surface area contributed by atoms with Crippen molar-refractivity contribution in [3.8, 4) is 0 Å². The number of nitrogens with one attached hydrogen (secondary N) is 1. The van der Waals surface area contributed by atoms with Crippen LogP contribution in [0, 0.1) is 0 Å². The molecule has 1 atom stereocenters. The van der Waals surface area contributed by atoms with Crippen LogP contribution in [0.2, 0.25) is 0 Å². The molecule has 3 heterocycles. The molecule has 2 aliphatic rings. The number of amides is 1. The molecule has 8 heteroatoms. The van der Waals surface area contributed by atoms with Crippen LogP contribution in [-0.2, 0) is 25.9 Å². The highest BCUT2D eigenvalue weighted by molar-refractivity contribution is 7.99. The van der Waals surface area contributed by atoms with Gasteiger partial charge in [-0.15, -0.1) is 17.9 Å². The van der Waals surface area contributed by atoms with Crippen molar-refractivity contribution in [1.82, 2.24) is 25.0 Å². The number of rotatable bonds is 6. The van der Waals surface area contributed by atoms with E-state index in [9.17, 15) is 4.79 Å². The smallest absolute Gasteiger partial charge is 0.274 e. The topological polar surface area (TPSA) is 63.1 Å². The van der Waals surface area contributed by atoms with Crippen molar-refractivity contribution >= 4 is 39.2 Å². The molecular formula is C23H27N5OS2. The lowest BCUT2D eigenvalue weighted by molar-refractivity contribution is 0.0764. The number of aromatic nitrogens is 3. The molecule has 0 unspecified atom stereocenters. The van der Waals surface area contributed by atoms with Crippen molar-refractivity contribution in [3.05, 3.63) is 58.9 Å². The Bertz CT molecular complexity index is 1070. The first-order chi connectivity index (χ1) is 15.2. The lowest BCUT2D eigenvalue weighted by Gasteiger charge is -2.27. The van der Waals surface area contributed by atoms with Gasteiger partial charge in [0.1, 0.15) is 5.01 Å². The minimum atomic E-state index is 0.0891. The number of thioether (sulfide) groups is 1. The second-order valence-corrected chi connectivity index (χ2v) is 10.4. The van der Waals surface area contributed by atoms with Crippen LogP contribution in [0.25, 0.3) is 10.2 Å². The Morgan fingerprint density at radius 1 is 1.29 bits per heavy atom. The first-order valence-corrected chi connectivity index (χ1v) is 12.8. The zero-order valence-electron chi connectivity index (χ0n) is 17.5. The van der Waals surface area contributed by atoms with Crippen LogP contribution in [0.1, 0.15) is 33.2 Å². The third-order valence-corrected chi connectivity index (χ3v) is 8.01. The van der Waals surface area contributed by atoms with E-state index in [2.05, 4.69) is 30.1 Å². The van der Waals surface area contributed by atoms with Crippen LogP contribution in [0.3, 0.4) is 0 Å². The summed E-state index contributed by atoms with van der Waals surface area (Å²) in [7, 11) is 0. The summed E-state index contributed by atoms with van der Waals surface area (Å²) in [6, 6.07) is 8.59. The van der Waals surface area contributed by atoms with Crippen LogP contribution in [0.15, 0.2) is 36.9 Å². The van der Waals surface area contributed by atoms with Crippen LogP contribution < -0.4 is 5.32 Å². The number of allylic oxidation sites excluding steroid dienone is 1. The van der Waals surface area contributed by atoms with E-state index in [-0.39, 0.29) is 5.91 Å². The Morgan fingerprint density at radius 2 is 2.13 bits per heavy atom. The van der Waals surface area contributed by atoms with Gasteiger partial charge < -0.3 is 10.2 Å². The molecule has 0 spiro atoms. The van der Waals surface area contributed by atoms with Gasteiger partial charge in [-0.2, -0.15) is 16.9 Å². The number of hydrogen-bond acceptors (Lipinski definition) is 6. The van der Waals surface area contributed by atoms with Gasteiger partial charge in [-0.25, -0.2) is 4.98 Å². The maximum atomic E-state index is 13.3. The lowest BCUT2D eigenvalue weighted by atomic mass is 9.91. The fraction of sp³-hybridized carbons (Fsp3) is 0.435. The van der Waals surface area contributed by atoms with Crippen LogP contribution >= 0.6 is 23.1 Å². The average molecular weight is 454 g/mol. The van der Waals surface area contributed by atoms with Crippen LogP contribution in [-0.4, -0.2) is 56.2 Å². The Kier molecular flexibility index (Phi) is 6.11. The third kappa shape index (κ3) is 4.29. The Hall–Kier alpha value is -2.16. The predicted octanol–water partition coefficient (Wildman–Crippen LogP) is 3.51. The molecule has 162 valence electrons. The number of carbonyl (C=O) groups excluding carboxylic acids is 1. The normalized spacial score (nSPS) is 18.8. The summed E-state index contributed by atoms with van der Waals surface area (Å²) in [5, 5.41) is 9.54. The minimum absolute atomic E-state index is 0.0891. The van der Waals surface area contributed by atoms with Gasteiger partial charge in [-0.3, -0.25) is 9.48 Å². The molecule has 1 amide bonds. The van der Waals surface area contributed by atoms with E-state index in [1.165, 1.54) is 10.4 Å². The first-order valence-electron chi connectivity index (χ1n) is 10.9. The SMILES string of the molecule is C=CCn1nc(C(=O)N2CCSCC2)c2c1CC[C@@H](NCc1nc3ccccc3s1)C2. The molecular weight excluding hydrogens is 426 g/mol. The van der Waals surface area contributed by atoms with E-state index in [1.807, 2.05) is 33.5 Å². The van der Waals surface area contributed by atoms with Gasteiger partial charge in [0.2, 0.25) is 0 Å². The van der Waals surface area contributed by atoms with Crippen molar-refractivity contribution in [2.75, 3.05) is 24.6 Å². The number of thiazole rings is 1. The fourth-order valence-corrected chi connectivity index (χ4v) is 6.27. The zero-order valence-corrected chi connectivity index (χ0v) is 19.2. The van der Waals surface area contributed by atoms with Crippen LogP contribution in [0.5, 0.6) is 0 Å². The van der Waals surface area contributed by atoms with Gasteiger partial charge in [0.25, 0.3) is 5.91 Å². The van der Waals surface area contributed by atoms with Gasteiger partial charge in [0.15, 0.2) is 5.69 Å². The highest BCUT2D eigenvalue weighted by Gasteiger charge is 2.31. The second-order valence-electron chi connectivity index (χ2n) is 8.05. The first kappa shape index (κ1) is 20.7. The summed E-state index contributed by atoms with van der Waals surface area (Å²) in [4.78, 5) is 20.0. The van der Waals surface area contributed by atoms with Crippen molar-refractivity contribution in [2.45, 2.75) is 38.4 Å². The highest BCUT2D eigenvalue weighted by Crippen LogP contribution is 2.28. The molecule has 1 fully saturated rings. The monoisotopic (exact) mass is 453 g/mol. The fourth-order valence-electron chi connectivity index (χ4n) is 4.45. The summed E-state index contributed by atoms with van der Waals surface area (Å²) >= 11 is 3.66. The van der Waals surface area contributed by atoms with Crippen molar-refractivity contribution in [3.63, 3.8) is 0 Å².